The minimum absolute atomic E-state index is 0.0187. The van der Waals surface area contributed by atoms with E-state index in [1.165, 1.54) is 7.11 Å². The van der Waals surface area contributed by atoms with Crippen LogP contribution in [0.1, 0.15) is 44.9 Å². The van der Waals surface area contributed by atoms with Crippen molar-refractivity contribution < 1.29 is 14.3 Å². The number of nitrogens with zero attached hydrogens (tertiary/aromatic N) is 2. The van der Waals surface area contributed by atoms with E-state index in [1.807, 2.05) is 31.2 Å². The molecule has 0 saturated carbocycles. The molecule has 1 aromatic heterocycles. The number of nitrogens with one attached hydrogen (secondary N) is 1. The average molecular weight is 419 g/mol. The number of rotatable bonds is 5. The number of aryl methyl sites for hydroxylation is 1. The molecule has 3 aromatic rings. The molecule has 7 heteroatoms. The monoisotopic (exact) mass is 419 g/mol. The number of Topliss-reactive ketones (excluding diaryl/α,β-unsaturated/α-hetero) is 1. The fourth-order valence-electron chi connectivity index (χ4n) is 4.03. The van der Waals surface area contributed by atoms with E-state index in [0.717, 1.165) is 37.1 Å². The Hall–Kier alpha value is -3.32. The fraction of sp³-hybridized carbons (Fsp3) is 0.333. The number of fused-ring (bicyclic) bond motifs is 1. The molecule has 1 saturated heterocycles. The van der Waals surface area contributed by atoms with Crippen molar-refractivity contribution in [3.05, 3.63) is 75.3 Å². The van der Waals surface area contributed by atoms with Gasteiger partial charge in [0, 0.05) is 11.5 Å². The number of H-pyrrole nitrogens is 1. The second-order valence-electron chi connectivity index (χ2n) is 8.02. The predicted molar refractivity (Wildman–Crippen MR) is 117 cm³/mol. The normalized spacial score (nSPS) is 15.2. The number of ether oxygens (including phenoxy) is 1. The van der Waals surface area contributed by atoms with Gasteiger partial charge < -0.3 is 9.72 Å². The summed E-state index contributed by atoms with van der Waals surface area (Å²) in [4.78, 5) is 46.5. The first-order valence-corrected chi connectivity index (χ1v) is 10.4. The number of likely N-dealkylation sites (tertiary alicyclic amines) is 1. The summed E-state index contributed by atoms with van der Waals surface area (Å²) in [5.41, 5.74) is 2.49. The lowest BCUT2D eigenvalue weighted by Crippen LogP contribution is -2.36. The summed E-state index contributed by atoms with van der Waals surface area (Å²) < 4.78 is 4.75. The maximum Gasteiger partial charge on any atom is 0.337 e. The molecule has 1 aliphatic rings. The Kier molecular flexibility index (Phi) is 5.95. The van der Waals surface area contributed by atoms with Gasteiger partial charge in [0.1, 0.15) is 5.82 Å². The SMILES string of the molecule is COC(=O)c1ccc2c(=O)[nH]c(CN3CCC(C(=O)c4ccc(C)cc4)CC3)nc2c1. The van der Waals surface area contributed by atoms with Crippen molar-refractivity contribution in [3.63, 3.8) is 0 Å². The third-order valence-electron chi connectivity index (χ3n) is 5.84. The fourth-order valence-corrected chi connectivity index (χ4v) is 4.03. The van der Waals surface area contributed by atoms with Crippen LogP contribution in [-0.2, 0) is 11.3 Å². The number of ketones is 1. The number of aromatic nitrogens is 2. The lowest BCUT2D eigenvalue weighted by Gasteiger charge is -2.30. The average Bonchev–Trinajstić information content (AvgIpc) is 2.78. The standard InChI is InChI=1S/C24H25N3O4/c1-15-3-5-16(6-4-15)22(28)17-9-11-27(12-10-17)14-21-25-20-13-18(24(30)31-2)7-8-19(20)23(29)26-21/h3-8,13,17H,9-12,14H2,1-2H3,(H,25,26,29). The Bertz CT molecular complexity index is 1180. The third-order valence-corrected chi connectivity index (χ3v) is 5.84. The molecule has 0 spiro atoms. The van der Waals surface area contributed by atoms with E-state index in [0.29, 0.717) is 28.8 Å². The van der Waals surface area contributed by atoms with Gasteiger partial charge in [0.05, 0.1) is 30.1 Å². The van der Waals surface area contributed by atoms with Crippen molar-refractivity contribution in [1.29, 1.82) is 0 Å². The summed E-state index contributed by atoms with van der Waals surface area (Å²) in [7, 11) is 1.32. The molecule has 1 N–H and O–H groups in total. The Morgan fingerprint density at radius 2 is 1.77 bits per heavy atom. The molecule has 0 aliphatic carbocycles. The number of benzene rings is 2. The van der Waals surface area contributed by atoms with Crippen molar-refractivity contribution in [2.24, 2.45) is 5.92 Å². The van der Waals surface area contributed by atoms with E-state index in [4.69, 9.17) is 4.74 Å². The lowest BCUT2D eigenvalue weighted by molar-refractivity contribution is 0.0600. The second-order valence-corrected chi connectivity index (χ2v) is 8.02. The Labute approximate surface area is 180 Å². The number of methoxy groups -OCH3 is 1. The molecule has 0 atom stereocenters. The summed E-state index contributed by atoms with van der Waals surface area (Å²) in [5.74, 6) is 0.297. The molecule has 0 unspecified atom stereocenters. The summed E-state index contributed by atoms with van der Waals surface area (Å²) in [6.07, 6.45) is 1.55. The van der Waals surface area contributed by atoms with Crippen LogP contribution in [0, 0.1) is 12.8 Å². The van der Waals surface area contributed by atoms with E-state index in [2.05, 4.69) is 14.9 Å². The van der Waals surface area contributed by atoms with Crippen LogP contribution in [0.2, 0.25) is 0 Å². The Morgan fingerprint density at radius 1 is 1.10 bits per heavy atom. The minimum atomic E-state index is -0.467. The van der Waals surface area contributed by atoms with E-state index in [1.54, 1.807) is 18.2 Å². The molecule has 31 heavy (non-hydrogen) atoms. The first-order chi connectivity index (χ1) is 14.9. The first kappa shape index (κ1) is 20.9. The summed E-state index contributed by atoms with van der Waals surface area (Å²) in [6.45, 7) is 4.01. The van der Waals surface area contributed by atoms with E-state index < -0.39 is 5.97 Å². The van der Waals surface area contributed by atoms with Crippen LogP contribution in [0.3, 0.4) is 0 Å². The smallest absolute Gasteiger partial charge is 0.337 e. The highest BCUT2D eigenvalue weighted by molar-refractivity contribution is 5.98. The second kappa shape index (κ2) is 8.81. The zero-order chi connectivity index (χ0) is 22.0. The molecule has 7 nitrogen and oxygen atoms in total. The molecule has 2 heterocycles. The summed E-state index contributed by atoms with van der Waals surface area (Å²) in [6, 6.07) is 12.4. The van der Waals surface area contributed by atoms with Crippen LogP contribution >= 0.6 is 0 Å². The van der Waals surface area contributed by atoms with Crippen LogP contribution in [-0.4, -0.2) is 46.8 Å². The topological polar surface area (TPSA) is 92.4 Å². The molecular formula is C24H25N3O4. The molecule has 0 amide bonds. The zero-order valence-corrected chi connectivity index (χ0v) is 17.7. The van der Waals surface area contributed by atoms with Gasteiger partial charge in [0.15, 0.2) is 5.78 Å². The summed E-state index contributed by atoms with van der Waals surface area (Å²) >= 11 is 0. The van der Waals surface area contributed by atoms with Crippen molar-refractivity contribution >= 4 is 22.7 Å². The van der Waals surface area contributed by atoms with Crippen LogP contribution in [0.5, 0.6) is 0 Å². The van der Waals surface area contributed by atoms with Gasteiger partial charge in [-0.25, -0.2) is 9.78 Å². The van der Waals surface area contributed by atoms with Crippen molar-refractivity contribution in [2.75, 3.05) is 20.2 Å². The number of hydrogen-bond donors (Lipinski definition) is 1. The molecular weight excluding hydrogens is 394 g/mol. The van der Waals surface area contributed by atoms with Gasteiger partial charge in [-0.05, 0) is 51.1 Å². The van der Waals surface area contributed by atoms with Gasteiger partial charge in [0.25, 0.3) is 5.56 Å². The maximum absolute atomic E-state index is 12.8. The zero-order valence-electron chi connectivity index (χ0n) is 17.7. The molecule has 0 bridgehead atoms. The molecule has 4 rings (SSSR count). The highest BCUT2D eigenvalue weighted by Crippen LogP contribution is 2.23. The van der Waals surface area contributed by atoms with Crippen molar-refractivity contribution in [1.82, 2.24) is 14.9 Å². The Morgan fingerprint density at radius 3 is 2.45 bits per heavy atom. The quantitative estimate of drug-likeness (QED) is 0.505. The third kappa shape index (κ3) is 4.56. The van der Waals surface area contributed by atoms with E-state index in [-0.39, 0.29) is 17.3 Å². The largest absolute Gasteiger partial charge is 0.465 e. The number of hydrogen-bond acceptors (Lipinski definition) is 6. The number of piperidine rings is 1. The molecule has 1 fully saturated rings. The first-order valence-electron chi connectivity index (χ1n) is 10.4. The van der Waals surface area contributed by atoms with Gasteiger partial charge in [-0.1, -0.05) is 29.8 Å². The van der Waals surface area contributed by atoms with Crippen LogP contribution in [0.15, 0.2) is 47.3 Å². The molecule has 1 aliphatic heterocycles. The molecule has 160 valence electrons. The van der Waals surface area contributed by atoms with E-state index in [9.17, 15) is 14.4 Å². The van der Waals surface area contributed by atoms with Crippen LogP contribution in [0.4, 0.5) is 0 Å². The van der Waals surface area contributed by atoms with Crippen LogP contribution in [0.25, 0.3) is 10.9 Å². The maximum atomic E-state index is 12.8. The van der Waals surface area contributed by atoms with Crippen LogP contribution < -0.4 is 5.56 Å². The number of carbonyl (C=O) groups excluding carboxylic acids is 2. The number of carbonyl (C=O) groups is 2. The van der Waals surface area contributed by atoms with Gasteiger partial charge in [-0.15, -0.1) is 0 Å². The van der Waals surface area contributed by atoms with Gasteiger partial charge in [0.2, 0.25) is 0 Å². The van der Waals surface area contributed by atoms with Crippen molar-refractivity contribution in [2.45, 2.75) is 26.3 Å². The van der Waals surface area contributed by atoms with Gasteiger partial charge in [-0.2, -0.15) is 0 Å². The summed E-state index contributed by atoms with van der Waals surface area (Å²) in [5, 5.41) is 0.429. The van der Waals surface area contributed by atoms with Gasteiger partial charge in [-0.3, -0.25) is 14.5 Å². The lowest BCUT2D eigenvalue weighted by atomic mass is 9.88. The Balaban J connectivity index is 1.44. The molecule has 0 radical (unpaired) electrons. The van der Waals surface area contributed by atoms with E-state index >= 15 is 0 Å². The predicted octanol–water partition coefficient (Wildman–Crippen LogP) is 3.11. The molecule has 2 aromatic carbocycles. The minimum Gasteiger partial charge on any atom is -0.465 e. The highest BCUT2D eigenvalue weighted by atomic mass is 16.5. The highest BCUT2D eigenvalue weighted by Gasteiger charge is 2.26. The number of esters is 1. The van der Waals surface area contributed by atoms with Crippen molar-refractivity contribution in [3.8, 4) is 0 Å². The number of aromatic amines is 1. The van der Waals surface area contributed by atoms with Gasteiger partial charge >= 0.3 is 5.97 Å².